The van der Waals surface area contributed by atoms with Gasteiger partial charge in [0.05, 0.1) is 7.11 Å². The molecule has 2 aromatic carbocycles. The minimum atomic E-state index is -0.288. The van der Waals surface area contributed by atoms with Crippen molar-refractivity contribution in [2.24, 2.45) is 5.73 Å². The number of fused-ring (bicyclic) bond motifs is 1. The molecule has 20 heavy (non-hydrogen) atoms. The molecule has 1 aliphatic carbocycles. The van der Waals surface area contributed by atoms with E-state index in [1.807, 2.05) is 6.07 Å². The summed E-state index contributed by atoms with van der Waals surface area (Å²) in [7, 11) is 1.53. The monoisotopic (exact) mass is 271 g/mol. The fourth-order valence-corrected chi connectivity index (χ4v) is 2.94. The highest BCUT2D eigenvalue weighted by Crippen LogP contribution is 2.40. The predicted octanol–water partition coefficient (Wildman–Crippen LogP) is 3.56. The van der Waals surface area contributed by atoms with Gasteiger partial charge in [-0.05, 0) is 36.0 Å². The summed E-state index contributed by atoms with van der Waals surface area (Å²) in [4.78, 5) is 0. The van der Waals surface area contributed by atoms with Crippen molar-refractivity contribution >= 4 is 0 Å². The lowest BCUT2D eigenvalue weighted by Crippen LogP contribution is -2.23. The van der Waals surface area contributed by atoms with E-state index < -0.39 is 0 Å². The van der Waals surface area contributed by atoms with Crippen LogP contribution in [0.1, 0.15) is 35.1 Å². The first-order chi connectivity index (χ1) is 9.69. The SMILES string of the molecule is COc1ccc(C(N)CC2Cc3ccccc32)c(F)c1. The summed E-state index contributed by atoms with van der Waals surface area (Å²) >= 11 is 0. The summed E-state index contributed by atoms with van der Waals surface area (Å²) in [5, 5.41) is 0. The first-order valence-corrected chi connectivity index (χ1v) is 6.86. The second kappa shape index (κ2) is 5.25. The van der Waals surface area contributed by atoms with E-state index in [1.165, 1.54) is 24.3 Å². The Bertz CT molecular complexity index is 626. The van der Waals surface area contributed by atoms with E-state index in [0.717, 1.165) is 12.8 Å². The number of halogens is 1. The van der Waals surface area contributed by atoms with Crippen LogP contribution in [0.4, 0.5) is 4.39 Å². The van der Waals surface area contributed by atoms with Crippen molar-refractivity contribution in [3.8, 4) is 5.75 Å². The molecule has 2 N–H and O–H groups in total. The molecule has 0 fully saturated rings. The van der Waals surface area contributed by atoms with Crippen LogP contribution in [0.15, 0.2) is 42.5 Å². The Hall–Kier alpha value is -1.87. The molecule has 0 heterocycles. The second-order valence-electron chi connectivity index (χ2n) is 5.33. The molecule has 2 atom stereocenters. The van der Waals surface area contributed by atoms with Gasteiger partial charge in [0.1, 0.15) is 11.6 Å². The Kier molecular flexibility index (Phi) is 3.45. The van der Waals surface area contributed by atoms with Crippen LogP contribution in [-0.4, -0.2) is 7.11 Å². The zero-order valence-electron chi connectivity index (χ0n) is 11.5. The van der Waals surface area contributed by atoms with E-state index in [9.17, 15) is 4.39 Å². The number of hydrogen-bond donors (Lipinski definition) is 1. The smallest absolute Gasteiger partial charge is 0.131 e. The van der Waals surface area contributed by atoms with Gasteiger partial charge in [-0.15, -0.1) is 0 Å². The molecule has 1 aliphatic rings. The maximum Gasteiger partial charge on any atom is 0.131 e. The second-order valence-corrected chi connectivity index (χ2v) is 5.33. The van der Waals surface area contributed by atoms with Gasteiger partial charge in [0.2, 0.25) is 0 Å². The molecule has 0 bridgehead atoms. The highest BCUT2D eigenvalue weighted by atomic mass is 19.1. The van der Waals surface area contributed by atoms with E-state index in [4.69, 9.17) is 10.5 Å². The standard InChI is InChI=1S/C17H18FNO/c1-20-13-6-7-15(16(18)10-13)17(19)9-12-8-11-4-2-3-5-14(11)12/h2-7,10,12,17H,8-9,19H2,1H3. The lowest BCUT2D eigenvalue weighted by Gasteiger charge is -2.32. The summed E-state index contributed by atoms with van der Waals surface area (Å²) in [6, 6.07) is 13.0. The lowest BCUT2D eigenvalue weighted by atomic mass is 9.74. The minimum absolute atomic E-state index is 0.278. The average molecular weight is 271 g/mol. The summed E-state index contributed by atoms with van der Waals surface area (Å²) < 4.78 is 19.0. The van der Waals surface area contributed by atoms with Gasteiger partial charge in [0.15, 0.2) is 0 Å². The maximum absolute atomic E-state index is 14.0. The van der Waals surface area contributed by atoms with Crippen molar-refractivity contribution in [2.45, 2.75) is 24.8 Å². The van der Waals surface area contributed by atoms with Gasteiger partial charge in [-0.25, -0.2) is 4.39 Å². The van der Waals surface area contributed by atoms with Crippen LogP contribution >= 0.6 is 0 Å². The number of benzene rings is 2. The predicted molar refractivity (Wildman–Crippen MR) is 77.4 cm³/mol. The highest BCUT2D eigenvalue weighted by molar-refractivity contribution is 5.40. The van der Waals surface area contributed by atoms with Crippen molar-refractivity contribution in [3.05, 3.63) is 65.0 Å². The fraction of sp³-hybridized carbons (Fsp3) is 0.294. The molecule has 3 heteroatoms. The Morgan fingerprint density at radius 2 is 2.10 bits per heavy atom. The number of rotatable bonds is 4. The largest absolute Gasteiger partial charge is 0.497 e. The van der Waals surface area contributed by atoms with Crippen LogP contribution in [0.2, 0.25) is 0 Å². The molecule has 0 aromatic heterocycles. The number of methoxy groups -OCH3 is 1. The molecule has 2 unspecified atom stereocenters. The van der Waals surface area contributed by atoms with Crippen molar-refractivity contribution in [3.63, 3.8) is 0 Å². The van der Waals surface area contributed by atoms with Crippen molar-refractivity contribution in [1.29, 1.82) is 0 Å². The van der Waals surface area contributed by atoms with Crippen LogP contribution in [-0.2, 0) is 6.42 Å². The van der Waals surface area contributed by atoms with Crippen LogP contribution in [0.25, 0.3) is 0 Å². The van der Waals surface area contributed by atoms with Crippen molar-refractivity contribution < 1.29 is 9.13 Å². The van der Waals surface area contributed by atoms with Gasteiger partial charge in [-0.3, -0.25) is 0 Å². The molecule has 3 rings (SSSR count). The van der Waals surface area contributed by atoms with Crippen molar-refractivity contribution in [2.75, 3.05) is 7.11 Å². The van der Waals surface area contributed by atoms with Crippen LogP contribution < -0.4 is 10.5 Å². The fourth-order valence-electron chi connectivity index (χ4n) is 2.94. The Morgan fingerprint density at radius 3 is 2.80 bits per heavy atom. The zero-order chi connectivity index (χ0) is 14.1. The van der Waals surface area contributed by atoms with Crippen molar-refractivity contribution in [1.82, 2.24) is 0 Å². The molecule has 0 radical (unpaired) electrons. The zero-order valence-corrected chi connectivity index (χ0v) is 11.5. The van der Waals surface area contributed by atoms with Gasteiger partial charge < -0.3 is 10.5 Å². The Balaban J connectivity index is 1.73. The Morgan fingerprint density at radius 1 is 1.30 bits per heavy atom. The van der Waals surface area contributed by atoms with E-state index in [2.05, 4.69) is 18.2 Å². The number of hydrogen-bond acceptors (Lipinski definition) is 2. The van der Waals surface area contributed by atoms with Crippen LogP contribution in [0, 0.1) is 5.82 Å². The number of nitrogens with two attached hydrogens (primary N) is 1. The van der Waals surface area contributed by atoms with Crippen LogP contribution in [0.3, 0.4) is 0 Å². The molecule has 2 aromatic rings. The minimum Gasteiger partial charge on any atom is -0.497 e. The third-order valence-corrected chi connectivity index (χ3v) is 4.11. The normalized spacial score (nSPS) is 18.1. The highest BCUT2D eigenvalue weighted by Gasteiger charge is 2.28. The van der Waals surface area contributed by atoms with E-state index >= 15 is 0 Å². The third-order valence-electron chi connectivity index (χ3n) is 4.11. The average Bonchev–Trinajstić information content (AvgIpc) is 2.44. The van der Waals surface area contributed by atoms with E-state index in [-0.39, 0.29) is 11.9 Å². The quantitative estimate of drug-likeness (QED) is 0.922. The molecule has 0 aliphatic heterocycles. The molecule has 0 amide bonds. The molecule has 0 spiro atoms. The Labute approximate surface area is 118 Å². The lowest BCUT2D eigenvalue weighted by molar-refractivity contribution is 0.409. The maximum atomic E-state index is 14.0. The molecule has 0 saturated carbocycles. The molecule has 2 nitrogen and oxygen atoms in total. The van der Waals surface area contributed by atoms with Gasteiger partial charge in [-0.1, -0.05) is 30.3 Å². The van der Waals surface area contributed by atoms with E-state index in [1.54, 1.807) is 12.1 Å². The number of ether oxygens (including phenoxy) is 1. The van der Waals surface area contributed by atoms with E-state index in [0.29, 0.717) is 17.2 Å². The topological polar surface area (TPSA) is 35.2 Å². The first-order valence-electron chi connectivity index (χ1n) is 6.86. The molecular formula is C17H18FNO. The summed E-state index contributed by atoms with van der Waals surface area (Å²) in [6.45, 7) is 0. The van der Waals surface area contributed by atoms with Gasteiger partial charge in [-0.2, -0.15) is 0 Å². The van der Waals surface area contributed by atoms with Gasteiger partial charge >= 0.3 is 0 Å². The molecular weight excluding hydrogens is 253 g/mol. The van der Waals surface area contributed by atoms with Gasteiger partial charge in [0.25, 0.3) is 0 Å². The van der Waals surface area contributed by atoms with Crippen LogP contribution in [0.5, 0.6) is 5.75 Å². The summed E-state index contributed by atoms with van der Waals surface area (Å²) in [5.41, 5.74) is 9.49. The summed E-state index contributed by atoms with van der Waals surface area (Å²) in [5.74, 6) is 0.680. The summed E-state index contributed by atoms with van der Waals surface area (Å²) in [6.07, 6.45) is 1.82. The third kappa shape index (κ3) is 2.29. The molecule has 104 valence electrons. The first kappa shape index (κ1) is 13.1. The van der Waals surface area contributed by atoms with Gasteiger partial charge in [0, 0.05) is 17.7 Å². The molecule has 0 saturated heterocycles.